The fourth-order valence-corrected chi connectivity index (χ4v) is 3.51. The van der Waals surface area contributed by atoms with Crippen molar-refractivity contribution in [2.24, 2.45) is 0 Å². The third kappa shape index (κ3) is 4.90. The molecule has 0 atom stereocenters. The zero-order valence-corrected chi connectivity index (χ0v) is 13.9. The normalized spacial score (nSPS) is 12.0. The van der Waals surface area contributed by atoms with Crippen LogP contribution in [0.1, 0.15) is 43.6 Å². The molecule has 0 fully saturated rings. The van der Waals surface area contributed by atoms with Crippen molar-refractivity contribution in [3.63, 3.8) is 0 Å². The average molecular weight is 301 g/mol. The molecule has 1 rings (SSSR count). The van der Waals surface area contributed by atoms with Crippen molar-refractivity contribution < 1.29 is 8.42 Å². The molecule has 0 amide bonds. The Hall–Kier alpha value is -0.880. The summed E-state index contributed by atoms with van der Waals surface area (Å²) < 4.78 is 25.4. The van der Waals surface area contributed by atoms with E-state index in [4.69, 9.17) is 0 Å². The van der Waals surface area contributed by atoms with Gasteiger partial charge in [0, 0.05) is 23.6 Å². The van der Waals surface area contributed by atoms with Gasteiger partial charge in [-0.2, -0.15) is 5.10 Å². The molecule has 20 heavy (non-hydrogen) atoms. The van der Waals surface area contributed by atoms with E-state index in [-0.39, 0.29) is 11.5 Å². The number of sulfone groups is 1. The van der Waals surface area contributed by atoms with Gasteiger partial charge in [-0.25, -0.2) is 8.42 Å². The first-order valence-electron chi connectivity index (χ1n) is 7.35. The van der Waals surface area contributed by atoms with E-state index in [1.54, 1.807) is 0 Å². The average Bonchev–Trinajstić information content (AvgIpc) is 2.64. The minimum Gasteiger partial charge on any atom is -0.313 e. The monoisotopic (exact) mass is 301 g/mol. The van der Waals surface area contributed by atoms with Gasteiger partial charge in [0.25, 0.3) is 0 Å². The van der Waals surface area contributed by atoms with E-state index >= 15 is 0 Å². The van der Waals surface area contributed by atoms with Crippen LogP contribution >= 0.6 is 0 Å². The van der Waals surface area contributed by atoms with E-state index < -0.39 is 9.84 Å². The minimum atomic E-state index is -2.95. The van der Waals surface area contributed by atoms with Crippen LogP contribution in [0.15, 0.2) is 0 Å². The summed E-state index contributed by atoms with van der Waals surface area (Å²) >= 11 is 0. The summed E-state index contributed by atoms with van der Waals surface area (Å²) in [7, 11) is -2.95. The Kier molecular flexibility index (Phi) is 6.68. The lowest BCUT2D eigenvalue weighted by Crippen LogP contribution is -2.18. The molecule has 1 aromatic heterocycles. The molecule has 6 heteroatoms. The summed E-state index contributed by atoms with van der Waals surface area (Å²) in [5.41, 5.74) is 3.24. The maximum Gasteiger partial charge on any atom is 0.152 e. The Labute approximate surface area is 122 Å². The van der Waals surface area contributed by atoms with Crippen LogP contribution in [0.3, 0.4) is 0 Å². The number of aryl methyl sites for hydroxylation is 2. The topological polar surface area (TPSA) is 64.0 Å². The molecule has 0 aromatic carbocycles. The molecule has 1 aromatic rings. The van der Waals surface area contributed by atoms with Crippen LogP contribution < -0.4 is 5.32 Å². The van der Waals surface area contributed by atoms with Gasteiger partial charge in [0.05, 0.1) is 18.0 Å². The first kappa shape index (κ1) is 17.2. The molecule has 0 spiro atoms. The first-order chi connectivity index (χ1) is 9.41. The lowest BCUT2D eigenvalue weighted by molar-refractivity contribution is 0.574. The van der Waals surface area contributed by atoms with Crippen LogP contribution in [0.5, 0.6) is 0 Å². The van der Waals surface area contributed by atoms with E-state index in [0.29, 0.717) is 13.0 Å². The van der Waals surface area contributed by atoms with Gasteiger partial charge in [-0.05, 0) is 33.2 Å². The summed E-state index contributed by atoms with van der Waals surface area (Å²) in [6.07, 6.45) is 1.77. The molecule has 0 radical (unpaired) electrons. The van der Waals surface area contributed by atoms with Crippen LogP contribution in [0.4, 0.5) is 0 Å². The van der Waals surface area contributed by atoms with E-state index in [9.17, 15) is 8.42 Å². The fourth-order valence-electron chi connectivity index (χ4n) is 2.24. The molecule has 1 heterocycles. The van der Waals surface area contributed by atoms with Gasteiger partial charge >= 0.3 is 0 Å². The molecule has 116 valence electrons. The van der Waals surface area contributed by atoms with Gasteiger partial charge < -0.3 is 5.32 Å². The SMILES string of the molecule is CCCNCc1c(C)nn(CCS(=O)(=O)CCC)c1C. The molecule has 0 aliphatic rings. The highest BCUT2D eigenvalue weighted by molar-refractivity contribution is 7.91. The number of rotatable bonds is 9. The maximum atomic E-state index is 11.8. The van der Waals surface area contributed by atoms with Crippen molar-refractivity contribution in [1.82, 2.24) is 15.1 Å². The Morgan fingerprint density at radius 3 is 2.45 bits per heavy atom. The zero-order valence-electron chi connectivity index (χ0n) is 13.1. The summed E-state index contributed by atoms with van der Waals surface area (Å²) in [5, 5.41) is 7.83. The Balaban J connectivity index is 2.70. The first-order valence-corrected chi connectivity index (χ1v) is 9.17. The van der Waals surface area contributed by atoms with E-state index in [1.807, 2.05) is 25.5 Å². The van der Waals surface area contributed by atoms with Gasteiger partial charge in [-0.3, -0.25) is 4.68 Å². The van der Waals surface area contributed by atoms with Crippen molar-refractivity contribution in [3.05, 3.63) is 17.0 Å². The number of nitrogens with zero attached hydrogens (tertiary/aromatic N) is 2. The predicted molar refractivity (Wildman–Crippen MR) is 82.6 cm³/mol. The van der Waals surface area contributed by atoms with Crippen LogP contribution in [0, 0.1) is 13.8 Å². The van der Waals surface area contributed by atoms with Crippen molar-refractivity contribution in [3.8, 4) is 0 Å². The lowest BCUT2D eigenvalue weighted by atomic mass is 10.2. The van der Waals surface area contributed by atoms with Crippen molar-refractivity contribution in [1.29, 1.82) is 0 Å². The Morgan fingerprint density at radius 2 is 1.85 bits per heavy atom. The minimum absolute atomic E-state index is 0.171. The zero-order chi connectivity index (χ0) is 15.2. The summed E-state index contributed by atoms with van der Waals surface area (Å²) in [6.45, 7) is 10.2. The quantitative estimate of drug-likeness (QED) is 0.707. The second kappa shape index (κ2) is 7.78. The van der Waals surface area contributed by atoms with Crippen LogP contribution in [-0.4, -0.2) is 36.2 Å². The van der Waals surface area contributed by atoms with Crippen molar-refractivity contribution >= 4 is 9.84 Å². The predicted octanol–water partition coefficient (Wildman–Crippen LogP) is 1.82. The molecule has 0 aliphatic carbocycles. The Bertz CT molecular complexity index is 521. The molecule has 5 nitrogen and oxygen atoms in total. The number of hydrogen-bond acceptors (Lipinski definition) is 4. The largest absolute Gasteiger partial charge is 0.313 e. The number of nitrogens with one attached hydrogen (secondary N) is 1. The highest BCUT2D eigenvalue weighted by Gasteiger charge is 2.14. The summed E-state index contributed by atoms with van der Waals surface area (Å²) in [4.78, 5) is 0. The molecular formula is C14H27N3O2S. The molecule has 0 bridgehead atoms. The highest BCUT2D eigenvalue weighted by Crippen LogP contribution is 2.13. The second-order valence-corrected chi connectivity index (χ2v) is 7.50. The summed E-state index contributed by atoms with van der Waals surface area (Å²) in [6, 6.07) is 0. The van der Waals surface area contributed by atoms with Crippen molar-refractivity contribution in [2.75, 3.05) is 18.1 Å². The standard InChI is InChI=1S/C14H27N3O2S/c1-5-7-15-11-14-12(3)16-17(13(14)4)8-10-20(18,19)9-6-2/h15H,5-11H2,1-4H3. The second-order valence-electron chi connectivity index (χ2n) is 5.20. The van der Waals surface area contributed by atoms with Gasteiger partial charge in [0.1, 0.15) is 0 Å². The van der Waals surface area contributed by atoms with Crippen LogP contribution in [0.25, 0.3) is 0 Å². The van der Waals surface area contributed by atoms with Gasteiger partial charge in [-0.15, -0.1) is 0 Å². The van der Waals surface area contributed by atoms with Gasteiger partial charge in [0.2, 0.25) is 0 Å². The lowest BCUT2D eigenvalue weighted by Gasteiger charge is -2.07. The fraction of sp³-hybridized carbons (Fsp3) is 0.786. The number of hydrogen-bond donors (Lipinski definition) is 1. The van der Waals surface area contributed by atoms with Crippen LogP contribution in [0.2, 0.25) is 0 Å². The molecule has 0 saturated heterocycles. The van der Waals surface area contributed by atoms with E-state index in [1.165, 1.54) is 5.56 Å². The van der Waals surface area contributed by atoms with E-state index in [2.05, 4.69) is 17.3 Å². The number of aromatic nitrogens is 2. The molecule has 1 N–H and O–H groups in total. The molecule has 0 aliphatic heterocycles. The highest BCUT2D eigenvalue weighted by atomic mass is 32.2. The smallest absolute Gasteiger partial charge is 0.152 e. The maximum absolute atomic E-state index is 11.8. The molecule has 0 saturated carbocycles. The van der Waals surface area contributed by atoms with Gasteiger partial charge in [-0.1, -0.05) is 13.8 Å². The third-order valence-corrected chi connectivity index (χ3v) is 5.22. The van der Waals surface area contributed by atoms with Crippen molar-refractivity contribution in [2.45, 2.75) is 53.6 Å². The summed E-state index contributed by atoms with van der Waals surface area (Å²) in [5.74, 6) is 0.432. The van der Waals surface area contributed by atoms with Gasteiger partial charge in [0.15, 0.2) is 9.84 Å². The molecular weight excluding hydrogens is 274 g/mol. The third-order valence-electron chi connectivity index (χ3n) is 3.39. The molecule has 0 unspecified atom stereocenters. The Morgan fingerprint density at radius 1 is 1.15 bits per heavy atom. The van der Waals surface area contributed by atoms with Crippen LogP contribution in [-0.2, 0) is 22.9 Å². The van der Waals surface area contributed by atoms with E-state index in [0.717, 1.165) is 30.9 Å².